The minimum Gasteiger partial charge on any atom is -0.380 e. The van der Waals surface area contributed by atoms with Crippen LogP contribution in [0.5, 0.6) is 0 Å². The predicted octanol–water partition coefficient (Wildman–Crippen LogP) is 2.71. The van der Waals surface area contributed by atoms with Crippen LogP contribution < -0.4 is 5.32 Å². The van der Waals surface area contributed by atoms with E-state index in [1.165, 1.54) is 12.0 Å². The molecule has 0 radical (unpaired) electrons. The lowest BCUT2D eigenvalue weighted by Gasteiger charge is -2.39. The SMILES string of the molecule is CN=C(NCC1(C)COC1)N1CCC(c2ccccc2)C1.I. The Balaban J connectivity index is 0.00000176. The lowest BCUT2D eigenvalue weighted by atomic mass is 9.89. The Hall–Kier alpha value is -0.820. The van der Waals surface area contributed by atoms with E-state index >= 15 is 0 Å². The molecule has 2 aliphatic heterocycles. The van der Waals surface area contributed by atoms with Crippen molar-refractivity contribution >= 4 is 29.9 Å². The molecule has 122 valence electrons. The van der Waals surface area contributed by atoms with Crippen LogP contribution in [-0.4, -0.2) is 50.8 Å². The van der Waals surface area contributed by atoms with Crippen LogP contribution in [0.2, 0.25) is 0 Å². The first-order valence-corrected chi connectivity index (χ1v) is 7.78. The molecule has 4 nitrogen and oxygen atoms in total. The van der Waals surface area contributed by atoms with Crippen molar-refractivity contribution in [1.82, 2.24) is 10.2 Å². The zero-order chi connectivity index (χ0) is 14.7. The van der Waals surface area contributed by atoms with Gasteiger partial charge < -0.3 is 15.0 Å². The Morgan fingerprint density at radius 2 is 2.09 bits per heavy atom. The molecule has 0 aliphatic carbocycles. The van der Waals surface area contributed by atoms with Crippen LogP contribution >= 0.6 is 24.0 Å². The maximum absolute atomic E-state index is 5.31. The van der Waals surface area contributed by atoms with Gasteiger partial charge >= 0.3 is 0 Å². The molecule has 22 heavy (non-hydrogen) atoms. The third-order valence-corrected chi connectivity index (χ3v) is 4.54. The highest BCUT2D eigenvalue weighted by Gasteiger charge is 2.34. The van der Waals surface area contributed by atoms with E-state index in [1.54, 1.807) is 0 Å². The van der Waals surface area contributed by atoms with Crippen molar-refractivity contribution in [2.75, 3.05) is 39.9 Å². The minimum atomic E-state index is 0. The van der Waals surface area contributed by atoms with Crippen LogP contribution in [0.25, 0.3) is 0 Å². The van der Waals surface area contributed by atoms with Crippen molar-refractivity contribution in [1.29, 1.82) is 0 Å². The number of benzene rings is 1. The standard InChI is InChI=1S/C17H25N3O.HI/c1-17(12-21-13-17)11-19-16(18-2)20-9-8-15(10-20)14-6-4-3-5-7-14;/h3-7,15H,8-13H2,1-2H3,(H,18,19);1H. The van der Waals surface area contributed by atoms with Crippen LogP contribution in [0.3, 0.4) is 0 Å². The summed E-state index contributed by atoms with van der Waals surface area (Å²) in [6, 6.07) is 10.8. The molecule has 5 heteroatoms. The summed E-state index contributed by atoms with van der Waals surface area (Å²) < 4.78 is 5.31. The summed E-state index contributed by atoms with van der Waals surface area (Å²) in [5.74, 6) is 1.65. The quantitative estimate of drug-likeness (QED) is 0.469. The number of ether oxygens (including phenoxy) is 1. The number of hydrogen-bond donors (Lipinski definition) is 1. The number of aliphatic imine (C=N–C) groups is 1. The summed E-state index contributed by atoms with van der Waals surface area (Å²) in [6.45, 7) is 7.02. The summed E-state index contributed by atoms with van der Waals surface area (Å²) >= 11 is 0. The smallest absolute Gasteiger partial charge is 0.193 e. The van der Waals surface area contributed by atoms with E-state index in [0.717, 1.165) is 38.8 Å². The monoisotopic (exact) mass is 415 g/mol. The van der Waals surface area contributed by atoms with Crippen LogP contribution in [0.4, 0.5) is 0 Å². The van der Waals surface area contributed by atoms with E-state index in [2.05, 4.69) is 52.5 Å². The molecular weight excluding hydrogens is 389 g/mol. The first-order valence-electron chi connectivity index (χ1n) is 7.78. The second kappa shape index (κ2) is 7.64. The molecule has 1 aromatic carbocycles. The van der Waals surface area contributed by atoms with Gasteiger partial charge in [0.25, 0.3) is 0 Å². The molecule has 0 spiro atoms. The lowest BCUT2D eigenvalue weighted by Crippen LogP contribution is -2.51. The molecule has 1 atom stereocenters. The van der Waals surface area contributed by atoms with Gasteiger partial charge in [0, 0.05) is 38.0 Å². The summed E-state index contributed by atoms with van der Waals surface area (Å²) in [5.41, 5.74) is 1.71. The first-order chi connectivity index (χ1) is 10.2. The van der Waals surface area contributed by atoms with E-state index in [1.807, 2.05) is 7.05 Å². The van der Waals surface area contributed by atoms with Gasteiger partial charge in [-0.25, -0.2) is 0 Å². The number of guanidine groups is 1. The third-order valence-electron chi connectivity index (χ3n) is 4.54. The summed E-state index contributed by atoms with van der Waals surface area (Å²) in [4.78, 5) is 6.83. The summed E-state index contributed by atoms with van der Waals surface area (Å²) in [6.07, 6.45) is 1.20. The van der Waals surface area contributed by atoms with E-state index < -0.39 is 0 Å². The lowest BCUT2D eigenvalue weighted by molar-refractivity contribution is -0.0972. The molecule has 2 heterocycles. The average Bonchev–Trinajstić information content (AvgIpc) is 2.97. The highest BCUT2D eigenvalue weighted by atomic mass is 127. The van der Waals surface area contributed by atoms with E-state index in [9.17, 15) is 0 Å². The van der Waals surface area contributed by atoms with Gasteiger partial charge in [0.05, 0.1) is 13.2 Å². The zero-order valence-corrected chi connectivity index (χ0v) is 15.7. The van der Waals surface area contributed by atoms with Crippen molar-refractivity contribution < 1.29 is 4.74 Å². The number of hydrogen-bond acceptors (Lipinski definition) is 2. The maximum Gasteiger partial charge on any atom is 0.193 e. The van der Waals surface area contributed by atoms with Crippen LogP contribution in [-0.2, 0) is 4.74 Å². The molecule has 2 saturated heterocycles. The molecule has 1 aromatic rings. The summed E-state index contributed by atoms with van der Waals surface area (Å²) in [5, 5.41) is 3.52. The summed E-state index contributed by atoms with van der Waals surface area (Å²) in [7, 11) is 1.87. The van der Waals surface area contributed by atoms with Gasteiger partial charge in [-0.15, -0.1) is 24.0 Å². The molecule has 0 aromatic heterocycles. The second-order valence-electron chi connectivity index (χ2n) is 6.55. The van der Waals surface area contributed by atoms with Crippen LogP contribution in [0, 0.1) is 5.41 Å². The molecule has 1 N–H and O–H groups in total. The second-order valence-corrected chi connectivity index (χ2v) is 6.55. The van der Waals surface area contributed by atoms with Crippen LogP contribution in [0.15, 0.2) is 35.3 Å². The molecule has 0 amide bonds. The van der Waals surface area contributed by atoms with Crippen molar-refractivity contribution in [3.8, 4) is 0 Å². The Morgan fingerprint density at radius 3 is 2.68 bits per heavy atom. The van der Waals surface area contributed by atoms with Gasteiger partial charge in [0.2, 0.25) is 0 Å². The fourth-order valence-electron chi connectivity index (χ4n) is 3.13. The van der Waals surface area contributed by atoms with Crippen molar-refractivity contribution in [2.45, 2.75) is 19.3 Å². The fourth-order valence-corrected chi connectivity index (χ4v) is 3.13. The maximum atomic E-state index is 5.31. The van der Waals surface area contributed by atoms with Gasteiger partial charge in [-0.2, -0.15) is 0 Å². The molecular formula is C17H26IN3O. The Morgan fingerprint density at radius 1 is 1.36 bits per heavy atom. The van der Waals surface area contributed by atoms with Gasteiger partial charge in [-0.05, 0) is 12.0 Å². The first kappa shape index (κ1) is 17.5. The number of nitrogens with zero attached hydrogens (tertiary/aromatic N) is 2. The Kier molecular flexibility index (Phi) is 6.09. The van der Waals surface area contributed by atoms with Crippen molar-refractivity contribution in [3.63, 3.8) is 0 Å². The van der Waals surface area contributed by atoms with Gasteiger partial charge in [0.1, 0.15) is 0 Å². The molecule has 2 fully saturated rings. The predicted molar refractivity (Wildman–Crippen MR) is 101 cm³/mol. The Bertz CT molecular complexity index is 502. The van der Waals surface area contributed by atoms with E-state index in [-0.39, 0.29) is 29.4 Å². The normalized spacial score (nSPS) is 23.6. The number of rotatable bonds is 3. The van der Waals surface area contributed by atoms with Crippen molar-refractivity contribution in [3.05, 3.63) is 35.9 Å². The number of likely N-dealkylation sites (tertiary alicyclic amines) is 1. The molecule has 0 saturated carbocycles. The van der Waals surface area contributed by atoms with E-state index in [4.69, 9.17) is 4.74 Å². The zero-order valence-electron chi connectivity index (χ0n) is 13.4. The number of halogens is 1. The molecule has 2 aliphatic rings. The molecule has 3 rings (SSSR count). The minimum absolute atomic E-state index is 0. The highest BCUT2D eigenvalue weighted by molar-refractivity contribution is 14.0. The van der Waals surface area contributed by atoms with Crippen LogP contribution in [0.1, 0.15) is 24.8 Å². The van der Waals surface area contributed by atoms with Gasteiger partial charge in [0.15, 0.2) is 5.96 Å². The fraction of sp³-hybridized carbons (Fsp3) is 0.588. The molecule has 0 bridgehead atoms. The average molecular weight is 415 g/mol. The Labute approximate surface area is 150 Å². The largest absolute Gasteiger partial charge is 0.380 e. The van der Waals surface area contributed by atoms with Gasteiger partial charge in [-0.3, -0.25) is 4.99 Å². The topological polar surface area (TPSA) is 36.9 Å². The highest BCUT2D eigenvalue weighted by Crippen LogP contribution is 2.28. The number of nitrogens with one attached hydrogen (secondary N) is 1. The van der Waals surface area contributed by atoms with Gasteiger partial charge in [-0.1, -0.05) is 37.3 Å². The van der Waals surface area contributed by atoms with Crippen molar-refractivity contribution in [2.24, 2.45) is 10.4 Å². The molecule has 1 unspecified atom stereocenters. The van der Waals surface area contributed by atoms with E-state index in [0.29, 0.717) is 5.92 Å². The third kappa shape index (κ3) is 3.93.